The summed E-state index contributed by atoms with van der Waals surface area (Å²) < 4.78 is 0. The molecule has 0 heterocycles. The number of carbonyl (C=O) groups is 1. The molecule has 0 saturated heterocycles. The third kappa shape index (κ3) is 3.25. The molecule has 1 atom stereocenters. The normalized spacial score (nSPS) is 16.2. The van der Waals surface area contributed by atoms with Gasteiger partial charge in [0.1, 0.15) is 0 Å². The molecule has 18 heavy (non-hydrogen) atoms. The molecule has 1 amide bonds. The van der Waals surface area contributed by atoms with Crippen LogP contribution in [-0.4, -0.2) is 19.0 Å². The molecule has 98 valence electrons. The van der Waals surface area contributed by atoms with E-state index < -0.39 is 0 Å². The first kappa shape index (κ1) is 12.9. The summed E-state index contributed by atoms with van der Waals surface area (Å²) >= 11 is 0. The van der Waals surface area contributed by atoms with E-state index in [0.29, 0.717) is 11.6 Å². The lowest BCUT2D eigenvalue weighted by molar-refractivity contribution is 0.0963. The fourth-order valence-corrected chi connectivity index (χ4v) is 2.24. The van der Waals surface area contributed by atoms with Crippen molar-refractivity contribution < 1.29 is 4.79 Å². The third-order valence-electron chi connectivity index (χ3n) is 3.51. The summed E-state index contributed by atoms with van der Waals surface area (Å²) in [5.41, 5.74) is 2.97. The lowest BCUT2D eigenvalue weighted by Crippen LogP contribution is -2.20. The molecule has 1 aliphatic rings. The second kappa shape index (κ2) is 5.42. The van der Waals surface area contributed by atoms with Crippen molar-refractivity contribution in [3.8, 4) is 0 Å². The minimum atomic E-state index is -0.0344. The maximum absolute atomic E-state index is 11.6. The van der Waals surface area contributed by atoms with E-state index in [2.05, 4.69) is 24.5 Å². The van der Waals surface area contributed by atoms with Gasteiger partial charge in [0.2, 0.25) is 0 Å². The topological polar surface area (TPSA) is 41.1 Å². The van der Waals surface area contributed by atoms with Gasteiger partial charge in [-0.05, 0) is 43.9 Å². The Bertz CT molecular complexity index is 438. The van der Waals surface area contributed by atoms with Gasteiger partial charge in [-0.25, -0.2) is 0 Å². The number of rotatable bonds is 5. The van der Waals surface area contributed by atoms with Crippen LogP contribution in [0.3, 0.4) is 0 Å². The molecule has 0 radical (unpaired) electrons. The number of nitrogens with one attached hydrogen (secondary N) is 2. The highest BCUT2D eigenvalue weighted by Gasteiger charge is 2.23. The first-order chi connectivity index (χ1) is 8.60. The first-order valence-electron chi connectivity index (χ1n) is 6.69. The van der Waals surface area contributed by atoms with Crippen molar-refractivity contribution in [2.24, 2.45) is 5.92 Å². The summed E-state index contributed by atoms with van der Waals surface area (Å²) in [4.78, 5) is 11.6. The molecule has 1 saturated carbocycles. The largest absolute Gasteiger partial charge is 0.382 e. The number of amides is 1. The molecule has 3 heteroatoms. The zero-order valence-corrected chi connectivity index (χ0v) is 11.4. The van der Waals surface area contributed by atoms with Gasteiger partial charge in [0.15, 0.2) is 0 Å². The van der Waals surface area contributed by atoms with E-state index >= 15 is 0 Å². The van der Waals surface area contributed by atoms with E-state index in [9.17, 15) is 4.79 Å². The Labute approximate surface area is 109 Å². The second-order valence-electron chi connectivity index (χ2n) is 5.33. The lowest BCUT2D eigenvalue weighted by atomic mass is 10.1. The summed E-state index contributed by atoms with van der Waals surface area (Å²) in [6.07, 6.45) is 3.98. The zero-order chi connectivity index (χ0) is 13.1. The van der Waals surface area contributed by atoms with Crippen LogP contribution in [0.15, 0.2) is 18.2 Å². The van der Waals surface area contributed by atoms with Crippen LogP contribution in [0.2, 0.25) is 0 Å². The molecule has 1 aromatic rings. The second-order valence-corrected chi connectivity index (χ2v) is 5.33. The molecule has 1 unspecified atom stereocenters. The average molecular weight is 246 g/mol. The highest BCUT2D eigenvalue weighted by Crippen LogP contribution is 2.34. The molecular weight excluding hydrogens is 224 g/mol. The van der Waals surface area contributed by atoms with Crippen molar-refractivity contribution in [3.05, 3.63) is 29.3 Å². The van der Waals surface area contributed by atoms with Crippen molar-refractivity contribution in [1.82, 2.24) is 5.32 Å². The molecular formula is C15H22N2O. The summed E-state index contributed by atoms with van der Waals surface area (Å²) in [5.74, 6) is 0.878. The molecule has 2 rings (SSSR count). The van der Waals surface area contributed by atoms with E-state index in [1.807, 2.05) is 18.2 Å². The molecule has 1 fully saturated rings. The molecule has 0 spiro atoms. The van der Waals surface area contributed by atoms with Crippen LogP contribution in [0.1, 0.15) is 42.1 Å². The van der Waals surface area contributed by atoms with E-state index in [-0.39, 0.29) is 5.91 Å². The van der Waals surface area contributed by atoms with Gasteiger partial charge in [0.25, 0.3) is 5.91 Å². The molecule has 1 aliphatic carbocycles. The minimum Gasteiger partial charge on any atom is -0.382 e. The maximum Gasteiger partial charge on any atom is 0.251 e. The number of hydrogen-bond acceptors (Lipinski definition) is 2. The number of aryl methyl sites for hydroxylation is 1. The van der Waals surface area contributed by atoms with Crippen LogP contribution in [0.5, 0.6) is 0 Å². The summed E-state index contributed by atoms with van der Waals surface area (Å²) in [6, 6.07) is 6.27. The highest BCUT2D eigenvalue weighted by molar-refractivity contribution is 5.95. The predicted octanol–water partition coefficient (Wildman–Crippen LogP) is 2.96. The van der Waals surface area contributed by atoms with E-state index in [4.69, 9.17) is 0 Å². The minimum absolute atomic E-state index is 0.0344. The van der Waals surface area contributed by atoms with Gasteiger partial charge in [-0.15, -0.1) is 0 Å². The first-order valence-corrected chi connectivity index (χ1v) is 6.69. The third-order valence-corrected chi connectivity index (χ3v) is 3.51. The van der Waals surface area contributed by atoms with Crippen LogP contribution in [0, 0.1) is 12.8 Å². The standard InChI is InChI=1S/C15H22N2O/c1-10-4-7-13(15(18)16-3)9-14(10)17-11(2)8-12-5-6-12/h4,7,9,11-12,17H,5-6,8H2,1-3H3,(H,16,18). The van der Waals surface area contributed by atoms with Crippen molar-refractivity contribution >= 4 is 11.6 Å². The Hall–Kier alpha value is -1.51. The van der Waals surface area contributed by atoms with Crippen molar-refractivity contribution in [1.29, 1.82) is 0 Å². The number of anilines is 1. The van der Waals surface area contributed by atoms with E-state index in [1.165, 1.54) is 24.8 Å². The van der Waals surface area contributed by atoms with Crippen LogP contribution in [0.4, 0.5) is 5.69 Å². The molecule has 2 N–H and O–H groups in total. The molecule has 0 bridgehead atoms. The van der Waals surface area contributed by atoms with Crippen LogP contribution >= 0.6 is 0 Å². The van der Waals surface area contributed by atoms with Crippen LogP contribution in [-0.2, 0) is 0 Å². The Morgan fingerprint density at radius 3 is 2.78 bits per heavy atom. The van der Waals surface area contributed by atoms with Crippen molar-refractivity contribution in [2.75, 3.05) is 12.4 Å². The van der Waals surface area contributed by atoms with Gasteiger partial charge in [-0.2, -0.15) is 0 Å². The van der Waals surface area contributed by atoms with Crippen LogP contribution in [0.25, 0.3) is 0 Å². The van der Waals surface area contributed by atoms with Crippen LogP contribution < -0.4 is 10.6 Å². The van der Waals surface area contributed by atoms with Gasteiger partial charge < -0.3 is 10.6 Å². The fourth-order valence-electron chi connectivity index (χ4n) is 2.24. The smallest absolute Gasteiger partial charge is 0.251 e. The average Bonchev–Trinajstić information content (AvgIpc) is 3.14. The van der Waals surface area contributed by atoms with Gasteiger partial charge in [-0.3, -0.25) is 4.79 Å². The molecule has 0 aliphatic heterocycles. The quantitative estimate of drug-likeness (QED) is 0.838. The number of carbonyl (C=O) groups excluding carboxylic acids is 1. The summed E-state index contributed by atoms with van der Waals surface area (Å²) in [6.45, 7) is 4.28. The number of hydrogen-bond donors (Lipinski definition) is 2. The van der Waals surface area contributed by atoms with Gasteiger partial charge in [0, 0.05) is 24.3 Å². The Kier molecular flexibility index (Phi) is 3.90. The Balaban J connectivity index is 2.07. The maximum atomic E-state index is 11.6. The molecule has 3 nitrogen and oxygen atoms in total. The Morgan fingerprint density at radius 1 is 1.44 bits per heavy atom. The van der Waals surface area contributed by atoms with Crippen molar-refractivity contribution in [2.45, 2.75) is 39.2 Å². The lowest BCUT2D eigenvalue weighted by Gasteiger charge is -2.17. The van der Waals surface area contributed by atoms with Gasteiger partial charge in [0.05, 0.1) is 0 Å². The monoisotopic (exact) mass is 246 g/mol. The highest BCUT2D eigenvalue weighted by atomic mass is 16.1. The zero-order valence-electron chi connectivity index (χ0n) is 11.4. The summed E-state index contributed by atoms with van der Waals surface area (Å²) in [5, 5.41) is 6.18. The van der Waals surface area contributed by atoms with E-state index in [1.54, 1.807) is 7.05 Å². The molecule has 1 aromatic carbocycles. The van der Waals surface area contributed by atoms with Gasteiger partial charge in [-0.1, -0.05) is 18.9 Å². The number of benzene rings is 1. The Morgan fingerprint density at radius 2 is 2.17 bits per heavy atom. The molecule has 0 aromatic heterocycles. The van der Waals surface area contributed by atoms with E-state index in [0.717, 1.165) is 11.6 Å². The summed E-state index contributed by atoms with van der Waals surface area (Å²) in [7, 11) is 1.66. The predicted molar refractivity (Wildman–Crippen MR) is 75.0 cm³/mol. The SMILES string of the molecule is CNC(=O)c1ccc(C)c(NC(C)CC2CC2)c1. The van der Waals surface area contributed by atoms with Crippen molar-refractivity contribution in [3.63, 3.8) is 0 Å². The fraction of sp³-hybridized carbons (Fsp3) is 0.533. The van der Waals surface area contributed by atoms with Gasteiger partial charge >= 0.3 is 0 Å².